The number of para-hydroxylation sites is 1. The summed E-state index contributed by atoms with van der Waals surface area (Å²) in [5.41, 5.74) is 1.94. The van der Waals surface area contributed by atoms with E-state index in [-0.39, 0.29) is 18.3 Å². The third-order valence-electron chi connectivity index (χ3n) is 3.75. The molecule has 1 aromatic carbocycles. The van der Waals surface area contributed by atoms with Crippen LogP contribution in [0.4, 0.5) is 0 Å². The number of nitrogens with zero attached hydrogens (tertiary/aromatic N) is 3. The van der Waals surface area contributed by atoms with E-state index >= 15 is 0 Å². The molecule has 0 radical (unpaired) electrons. The van der Waals surface area contributed by atoms with E-state index in [1.165, 1.54) is 0 Å². The van der Waals surface area contributed by atoms with Gasteiger partial charge in [0.2, 0.25) is 5.91 Å². The van der Waals surface area contributed by atoms with E-state index in [2.05, 4.69) is 10.4 Å². The van der Waals surface area contributed by atoms with Gasteiger partial charge in [0.1, 0.15) is 18.4 Å². The smallest absolute Gasteiger partial charge is 0.244 e. The number of aryl methyl sites for hydroxylation is 2. The van der Waals surface area contributed by atoms with E-state index in [1.54, 1.807) is 29.9 Å². The molecule has 0 saturated heterocycles. The Kier molecular flexibility index (Phi) is 7.74. The third-order valence-corrected chi connectivity index (χ3v) is 3.75. The van der Waals surface area contributed by atoms with Gasteiger partial charge in [0.05, 0.1) is 12.7 Å². The van der Waals surface area contributed by atoms with Gasteiger partial charge in [0.25, 0.3) is 0 Å². The van der Waals surface area contributed by atoms with Crippen molar-refractivity contribution in [3.05, 3.63) is 47.8 Å². The van der Waals surface area contributed by atoms with Crippen molar-refractivity contribution in [2.24, 2.45) is 7.05 Å². The van der Waals surface area contributed by atoms with Crippen LogP contribution in [0.25, 0.3) is 0 Å². The minimum atomic E-state index is -0.396. The van der Waals surface area contributed by atoms with Gasteiger partial charge in [-0.25, -0.2) is 0 Å². The molecule has 6 nitrogen and oxygen atoms in total. The lowest BCUT2D eigenvalue weighted by molar-refractivity contribution is -0.132. The number of ether oxygens (including phenoxy) is 1. The fraction of sp³-hybridized carbons (Fsp3) is 0.412. The molecule has 1 unspecified atom stereocenters. The zero-order valence-electron chi connectivity index (χ0n) is 14.5. The molecular formula is C17H25ClN4O2. The van der Waals surface area contributed by atoms with Crippen LogP contribution in [-0.4, -0.2) is 47.8 Å². The average molecular weight is 353 g/mol. The Bertz CT molecular complexity index is 660. The minimum Gasteiger partial charge on any atom is -0.491 e. The van der Waals surface area contributed by atoms with Crippen LogP contribution in [0.1, 0.15) is 17.2 Å². The van der Waals surface area contributed by atoms with E-state index < -0.39 is 6.04 Å². The van der Waals surface area contributed by atoms with Crippen LogP contribution in [0, 0.1) is 6.92 Å². The van der Waals surface area contributed by atoms with Crippen molar-refractivity contribution in [2.45, 2.75) is 13.0 Å². The van der Waals surface area contributed by atoms with Gasteiger partial charge in [0, 0.05) is 25.9 Å². The van der Waals surface area contributed by atoms with Gasteiger partial charge in [-0.1, -0.05) is 18.2 Å². The Labute approximate surface area is 149 Å². The molecule has 0 aliphatic rings. The zero-order chi connectivity index (χ0) is 16.8. The largest absolute Gasteiger partial charge is 0.491 e. The molecule has 132 valence electrons. The maximum absolute atomic E-state index is 12.6. The second kappa shape index (κ2) is 9.30. The highest BCUT2D eigenvalue weighted by Gasteiger charge is 2.23. The lowest BCUT2D eigenvalue weighted by atomic mass is 10.1. The number of carbonyl (C=O) groups excluding carboxylic acids is 1. The van der Waals surface area contributed by atoms with Crippen LogP contribution in [0.2, 0.25) is 0 Å². The highest BCUT2D eigenvalue weighted by molar-refractivity contribution is 5.85. The number of rotatable bonds is 7. The summed E-state index contributed by atoms with van der Waals surface area (Å²) in [7, 11) is 5.39. The predicted molar refractivity (Wildman–Crippen MR) is 96.6 cm³/mol. The van der Waals surface area contributed by atoms with Gasteiger partial charge >= 0.3 is 0 Å². The number of carbonyl (C=O) groups is 1. The first-order valence-corrected chi connectivity index (χ1v) is 7.62. The number of aromatic nitrogens is 2. The van der Waals surface area contributed by atoms with Gasteiger partial charge in [-0.05, 0) is 25.6 Å². The molecule has 2 rings (SSSR count). The first-order valence-electron chi connectivity index (χ1n) is 7.62. The van der Waals surface area contributed by atoms with Crippen LogP contribution in [-0.2, 0) is 11.8 Å². The summed E-state index contributed by atoms with van der Waals surface area (Å²) >= 11 is 0. The van der Waals surface area contributed by atoms with Gasteiger partial charge in [-0.15, -0.1) is 12.4 Å². The molecule has 0 bridgehead atoms. The van der Waals surface area contributed by atoms with Crippen LogP contribution < -0.4 is 10.1 Å². The van der Waals surface area contributed by atoms with Crippen LogP contribution >= 0.6 is 12.4 Å². The predicted octanol–water partition coefficient (Wildman–Crippen LogP) is 1.95. The van der Waals surface area contributed by atoms with Crippen molar-refractivity contribution in [3.63, 3.8) is 0 Å². The molecule has 0 aliphatic carbocycles. The van der Waals surface area contributed by atoms with E-state index in [0.717, 1.165) is 16.9 Å². The molecule has 1 atom stereocenters. The number of halogens is 1. The molecule has 7 heteroatoms. The van der Waals surface area contributed by atoms with Crippen LogP contribution in [0.15, 0.2) is 36.7 Å². The maximum Gasteiger partial charge on any atom is 0.244 e. The topological polar surface area (TPSA) is 59.4 Å². The van der Waals surface area contributed by atoms with Crippen LogP contribution in [0.3, 0.4) is 0 Å². The lowest BCUT2D eigenvalue weighted by Crippen LogP contribution is -2.39. The Hall–Kier alpha value is -2.05. The standard InChI is InChI=1S/C17H24N4O2.ClH/c1-13-7-5-6-8-15(13)23-10-9-20(3)17(22)16(18-2)14-11-19-21(4)12-14;/h5-8,11-12,16,18H,9-10H2,1-4H3;1H. The highest BCUT2D eigenvalue weighted by atomic mass is 35.5. The first kappa shape index (κ1) is 20.0. The molecule has 0 fully saturated rings. The molecule has 0 saturated carbocycles. The maximum atomic E-state index is 12.6. The van der Waals surface area contributed by atoms with Crippen molar-refractivity contribution < 1.29 is 9.53 Å². The van der Waals surface area contributed by atoms with Crippen LogP contribution in [0.5, 0.6) is 5.75 Å². The summed E-state index contributed by atoms with van der Waals surface area (Å²) in [4.78, 5) is 14.2. The first-order chi connectivity index (χ1) is 11.0. The number of benzene rings is 1. The van der Waals surface area contributed by atoms with E-state index in [4.69, 9.17) is 4.74 Å². The molecule has 1 aromatic heterocycles. The van der Waals surface area contributed by atoms with Crippen molar-refractivity contribution in [2.75, 3.05) is 27.2 Å². The van der Waals surface area contributed by atoms with E-state index in [9.17, 15) is 4.79 Å². The van der Waals surface area contributed by atoms with Crippen molar-refractivity contribution in [3.8, 4) is 5.75 Å². The quantitative estimate of drug-likeness (QED) is 0.827. The Morgan fingerprint density at radius 1 is 1.42 bits per heavy atom. The number of hydrogen-bond acceptors (Lipinski definition) is 4. The number of hydrogen-bond donors (Lipinski definition) is 1. The molecule has 24 heavy (non-hydrogen) atoms. The molecule has 2 aromatic rings. The number of nitrogens with one attached hydrogen (secondary N) is 1. The lowest BCUT2D eigenvalue weighted by Gasteiger charge is -2.23. The Balaban J connectivity index is 0.00000288. The van der Waals surface area contributed by atoms with Crippen molar-refractivity contribution in [1.29, 1.82) is 0 Å². The van der Waals surface area contributed by atoms with Crippen molar-refractivity contribution >= 4 is 18.3 Å². The minimum absolute atomic E-state index is 0. The fourth-order valence-electron chi connectivity index (χ4n) is 2.36. The molecular weight excluding hydrogens is 328 g/mol. The average Bonchev–Trinajstić information content (AvgIpc) is 2.96. The molecule has 1 heterocycles. The monoisotopic (exact) mass is 352 g/mol. The summed E-state index contributed by atoms with van der Waals surface area (Å²) in [5.74, 6) is 0.847. The summed E-state index contributed by atoms with van der Waals surface area (Å²) in [6.45, 7) is 2.98. The Morgan fingerprint density at radius 2 is 2.12 bits per heavy atom. The van der Waals surface area contributed by atoms with Gasteiger partial charge in [0.15, 0.2) is 0 Å². The SMILES string of the molecule is CNC(C(=O)N(C)CCOc1ccccc1C)c1cnn(C)c1.Cl. The zero-order valence-corrected chi connectivity index (χ0v) is 15.3. The van der Waals surface area contributed by atoms with Gasteiger partial charge < -0.3 is 15.0 Å². The van der Waals surface area contributed by atoms with Crippen molar-refractivity contribution in [1.82, 2.24) is 20.0 Å². The second-order valence-corrected chi connectivity index (χ2v) is 5.54. The molecule has 0 spiro atoms. The normalized spacial score (nSPS) is 11.5. The third kappa shape index (κ3) is 4.97. The molecule has 0 aliphatic heterocycles. The fourth-order valence-corrected chi connectivity index (χ4v) is 2.36. The number of likely N-dealkylation sites (N-methyl/N-ethyl adjacent to an activating group) is 2. The summed E-state index contributed by atoms with van der Waals surface area (Å²) in [6.07, 6.45) is 3.55. The van der Waals surface area contributed by atoms with E-state index in [0.29, 0.717) is 13.2 Å². The summed E-state index contributed by atoms with van der Waals surface area (Å²) in [5, 5.41) is 7.16. The van der Waals surface area contributed by atoms with Gasteiger partial charge in [-0.3, -0.25) is 9.48 Å². The van der Waals surface area contributed by atoms with E-state index in [1.807, 2.05) is 44.4 Å². The highest BCUT2D eigenvalue weighted by Crippen LogP contribution is 2.17. The number of amides is 1. The molecule has 1 amide bonds. The second-order valence-electron chi connectivity index (χ2n) is 5.54. The summed E-state index contributed by atoms with van der Waals surface area (Å²) in [6, 6.07) is 7.46. The van der Waals surface area contributed by atoms with Gasteiger partial charge in [-0.2, -0.15) is 5.10 Å². The molecule has 1 N–H and O–H groups in total. The summed E-state index contributed by atoms with van der Waals surface area (Å²) < 4.78 is 7.44. The Morgan fingerprint density at radius 3 is 2.71 bits per heavy atom.